The van der Waals surface area contributed by atoms with E-state index in [-0.39, 0.29) is 0 Å². The van der Waals surface area contributed by atoms with Crippen molar-refractivity contribution in [3.8, 4) is 0 Å². The normalized spacial score (nSPS) is 12.9. The Morgan fingerprint density at radius 3 is 1.43 bits per heavy atom. The van der Waals surface area contributed by atoms with Crippen molar-refractivity contribution in [3.05, 3.63) is 0 Å². The summed E-state index contributed by atoms with van der Waals surface area (Å²) in [5, 5.41) is 0. The van der Waals surface area contributed by atoms with Crippen molar-refractivity contribution in [2.24, 2.45) is 0 Å². The van der Waals surface area contributed by atoms with Crippen LogP contribution in [0.25, 0.3) is 0 Å². The minimum atomic E-state index is 0.649. The molecule has 0 aliphatic rings. The quantitative estimate of drug-likeness (QED) is 0.650. The molecule has 0 heterocycles. The molecule has 0 aromatic rings. The molecular weight excluding hydrogens is 172 g/mol. The van der Waals surface area contributed by atoms with Crippen LogP contribution < -0.4 is 0 Å². The van der Waals surface area contributed by atoms with Crippen LogP contribution in [0.1, 0.15) is 41.5 Å². The lowest BCUT2D eigenvalue weighted by Crippen LogP contribution is -2.43. The molecule has 0 saturated carbocycles. The average Bonchev–Trinajstić information content (AvgIpc) is 2.02. The third-order valence-corrected chi connectivity index (χ3v) is 2.92. The fourth-order valence-electron chi connectivity index (χ4n) is 1.64. The Morgan fingerprint density at radius 2 is 1.14 bits per heavy atom. The van der Waals surface area contributed by atoms with Crippen molar-refractivity contribution in [1.29, 1.82) is 0 Å². The number of likely N-dealkylation sites (N-methyl/N-ethyl adjacent to an activating group) is 1. The van der Waals surface area contributed by atoms with E-state index in [0.717, 1.165) is 6.54 Å². The van der Waals surface area contributed by atoms with Gasteiger partial charge in [0, 0.05) is 31.2 Å². The molecular formula is C12H28N2. The highest BCUT2D eigenvalue weighted by molar-refractivity contribution is 4.69. The van der Waals surface area contributed by atoms with E-state index in [2.05, 4.69) is 58.4 Å². The summed E-state index contributed by atoms with van der Waals surface area (Å²) in [6.45, 7) is 15.9. The van der Waals surface area contributed by atoms with E-state index in [0.29, 0.717) is 18.1 Å². The zero-order valence-electron chi connectivity index (χ0n) is 11.0. The first-order chi connectivity index (χ1) is 6.36. The summed E-state index contributed by atoms with van der Waals surface area (Å²) in [6, 6.07) is 1.95. The van der Waals surface area contributed by atoms with Crippen molar-refractivity contribution < 1.29 is 0 Å². The Hall–Kier alpha value is -0.0800. The Bertz CT molecular complexity index is 133. The average molecular weight is 200 g/mol. The molecule has 0 fully saturated rings. The highest BCUT2D eigenvalue weighted by atomic mass is 15.2. The third kappa shape index (κ3) is 4.97. The predicted molar refractivity (Wildman–Crippen MR) is 64.7 cm³/mol. The van der Waals surface area contributed by atoms with Crippen LogP contribution in [-0.2, 0) is 0 Å². The Morgan fingerprint density at radius 1 is 0.714 bits per heavy atom. The number of nitrogens with zero attached hydrogens (tertiary/aromatic N) is 2. The zero-order chi connectivity index (χ0) is 11.3. The van der Waals surface area contributed by atoms with Gasteiger partial charge in [0.2, 0.25) is 0 Å². The molecule has 0 aromatic carbocycles. The summed E-state index contributed by atoms with van der Waals surface area (Å²) < 4.78 is 0. The molecule has 0 bridgehead atoms. The van der Waals surface area contributed by atoms with Gasteiger partial charge >= 0.3 is 0 Å². The second kappa shape index (κ2) is 6.41. The molecule has 86 valence electrons. The lowest BCUT2D eigenvalue weighted by molar-refractivity contribution is 0.143. The fourth-order valence-corrected chi connectivity index (χ4v) is 1.64. The number of hydrogen-bond acceptors (Lipinski definition) is 2. The SMILES string of the molecule is CC(C)N(C)CCN(C(C)C)C(C)C. The summed E-state index contributed by atoms with van der Waals surface area (Å²) in [5.74, 6) is 0. The van der Waals surface area contributed by atoms with Gasteiger partial charge in [-0.2, -0.15) is 0 Å². The van der Waals surface area contributed by atoms with Crippen molar-refractivity contribution in [2.45, 2.75) is 59.7 Å². The summed E-state index contributed by atoms with van der Waals surface area (Å²) in [7, 11) is 2.20. The van der Waals surface area contributed by atoms with E-state index < -0.39 is 0 Å². The van der Waals surface area contributed by atoms with Crippen LogP contribution in [0.2, 0.25) is 0 Å². The maximum Gasteiger partial charge on any atom is 0.0115 e. The van der Waals surface area contributed by atoms with Crippen LogP contribution in [0.15, 0.2) is 0 Å². The summed E-state index contributed by atoms with van der Waals surface area (Å²) in [4.78, 5) is 4.94. The fraction of sp³-hybridized carbons (Fsp3) is 1.00. The lowest BCUT2D eigenvalue weighted by Gasteiger charge is -2.33. The second-order valence-corrected chi connectivity index (χ2v) is 5.00. The van der Waals surface area contributed by atoms with Crippen LogP contribution in [0.4, 0.5) is 0 Å². The van der Waals surface area contributed by atoms with Crippen molar-refractivity contribution in [1.82, 2.24) is 9.80 Å². The van der Waals surface area contributed by atoms with Gasteiger partial charge in [0.05, 0.1) is 0 Å². The highest BCUT2D eigenvalue weighted by Crippen LogP contribution is 2.05. The topological polar surface area (TPSA) is 6.48 Å². The summed E-state index contributed by atoms with van der Waals surface area (Å²) in [5.41, 5.74) is 0. The molecule has 2 nitrogen and oxygen atoms in total. The van der Waals surface area contributed by atoms with E-state index in [1.54, 1.807) is 0 Å². The third-order valence-electron chi connectivity index (χ3n) is 2.92. The smallest absolute Gasteiger partial charge is 0.0115 e. The van der Waals surface area contributed by atoms with E-state index in [1.807, 2.05) is 0 Å². The van der Waals surface area contributed by atoms with Crippen LogP contribution >= 0.6 is 0 Å². The standard InChI is InChI=1S/C12H28N2/c1-10(2)13(7)8-9-14(11(3)4)12(5)6/h10-12H,8-9H2,1-7H3. The number of hydrogen-bond donors (Lipinski definition) is 0. The van der Waals surface area contributed by atoms with Gasteiger partial charge in [-0.15, -0.1) is 0 Å². The van der Waals surface area contributed by atoms with Gasteiger partial charge in [-0.05, 0) is 48.6 Å². The summed E-state index contributed by atoms with van der Waals surface area (Å²) in [6.07, 6.45) is 0. The largest absolute Gasteiger partial charge is 0.303 e. The van der Waals surface area contributed by atoms with Gasteiger partial charge in [-0.1, -0.05) is 0 Å². The van der Waals surface area contributed by atoms with E-state index in [1.165, 1.54) is 6.54 Å². The molecule has 0 atom stereocenters. The molecule has 0 N–H and O–H groups in total. The van der Waals surface area contributed by atoms with E-state index in [4.69, 9.17) is 0 Å². The lowest BCUT2D eigenvalue weighted by atomic mass is 10.2. The molecule has 2 heteroatoms. The molecule has 0 radical (unpaired) electrons. The highest BCUT2D eigenvalue weighted by Gasteiger charge is 2.14. The van der Waals surface area contributed by atoms with Crippen LogP contribution in [0.5, 0.6) is 0 Å². The van der Waals surface area contributed by atoms with Crippen molar-refractivity contribution >= 4 is 0 Å². The molecule has 0 spiro atoms. The minimum Gasteiger partial charge on any atom is -0.303 e. The van der Waals surface area contributed by atoms with Crippen molar-refractivity contribution in [3.63, 3.8) is 0 Å². The summed E-state index contributed by atoms with van der Waals surface area (Å²) >= 11 is 0. The molecule has 0 rings (SSSR count). The number of rotatable bonds is 6. The predicted octanol–water partition coefficient (Wildman–Crippen LogP) is 2.45. The van der Waals surface area contributed by atoms with Crippen LogP contribution in [-0.4, -0.2) is 48.1 Å². The van der Waals surface area contributed by atoms with Gasteiger partial charge in [0.15, 0.2) is 0 Å². The van der Waals surface area contributed by atoms with Gasteiger partial charge in [0.25, 0.3) is 0 Å². The Kier molecular flexibility index (Phi) is 6.38. The first-order valence-corrected chi connectivity index (χ1v) is 5.82. The first kappa shape index (κ1) is 13.9. The van der Waals surface area contributed by atoms with Gasteiger partial charge < -0.3 is 4.90 Å². The zero-order valence-corrected chi connectivity index (χ0v) is 11.0. The molecule has 0 aliphatic heterocycles. The molecule has 0 saturated heterocycles. The molecule has 0 unspecified atom stereocenters. The maximum atomic E-state index is 2.54. The van der Waals surface area contributed by atoms with Gasteiger partial charge in [0.1, 0.15) is 0 Å². The minimum absolute atomic E-state index is 0.649. The molecule has 14 heavy (non-hydrogen) atoms. The monoisotopic (exact) mass is 200 g/mol. The molecule has 0 amide bonds. The van der Waals surface area contributed by atoms with Crippen LogP contribution in [0.3, 0.4) is 0 Å². The molecule has 0 aromatic heterocycles. The second-order valence-electron chi connectivity index (χ2n) is 5.00. The first-order valence-electron chi connectivity index (χ1n) is 5.82. The van der Waals surface area contributed by atoms with E-state index in [9.17, 15) is 0 Å². The maximum absolute atomic E-state index is 2.54. The van der Waals surface area contributed by atoms with Crippen LogP contribution in [0, 0.1) is 0 Å². The van der Waals surface area contributed by atoms with Gasteiger partial charge in [-0.25, -0.2) is 0 Å². The Labute approximate surface area is 90.3 Å². The Balaban J connectivity index is 3.94. The van der Waals surface area contributed by atoms with Gasteiger partial charge in [-0.3, -0.25) is 4.90 Å². The molecule has 0 aliphatic carbocycles. The van der Waals surface area contributed by atoms with Crippen molar-refractivity contribution in [2.75, 3.05) is 20.1 Å². The van der Waals surface area contributed by atoms with E-state index >= 15 is 0 Å².